The molecular weight excluding hydrogens is 264 g/mol. The average Bonchev–Trinajstić information content (AvgIpc) is 3.08. The summed E-state index contributed by atoms with van der Waals surface area (Å²) in [4.78, 5) is 2.43. The Kier molecular flexibility index (Phi) is 4.54. The molecule has 2 aliphatic heterocycles. The monoisotopic (exact) mass is 290 g/mol. The number of ether oxygens (including phenoxy) is 2. The van der Waals surface area contributed by atoms with Gasteiger partial charge in [0, 0.05) is 37.2 Å². The summed E-state index contributed by atoms with van der Waals surface area (Å²) in [6.07, 6.45) is 5.03. The van der Waals surface area contributed by atoms with Gasteiger partial charge >= 0.3 is 0 Å². The van der Waals surface area contributed by atoms with Gasteiger partial charge in [-0.3, -0.25) is 0 Å². The van der Waals surface area contributed by atoms with E-state index in [4.69, 9.17) is 9.47 Å². The van der Waals surface area contributed by atoms with Gasteiger partial charge in [0.15, 0.2) is 0 Å². The molecule has 2 fully saturated rings. The maximum Gasteiger partial charge on any atom is 0.142 e. The van der Waals surface area contributed by atoms with E-state index < -0.39 is 0 Å². The standard InChI is InChI=1S/C17H26N2O2/c1-20-16-11-15(19-8-4-3-5-9-19)17(21-2)10-14(16)13-6-7-18-12-13/h10-11,13,18H,3-9,12H2,1-2H3. The number of anilines is 1. The first-order valence-electron chi connectivity index (χ1n) is 8.05. The van der Waals surface area contributed by atoms with Crippen molar-refractivity contribution < 1.29 is 9.47 Å². The van der Waals surface area contributed by atoms with Crippen molar-refractivity contribution in [2.45, 2.75) is 31.6 Å². The van der Waals surface area contributed by atoms with Gasteiger partial charge in [0.25, 0.3) is 0 Å². The van der Waals surface area contributed by atoms with E-state index in [1.807, 2.05) is 0 Å². The van der Waals surface area contributed by atoms with E-state index in [-0.39, 0.29) is 0 Å². The second-order valence-corrected chi connectivity index (χ2v) is 6.00. The van der Waals surface area contributed by atoms with Crippen molar-refractivity contribution in [3.63, 3.8) is 0 Å². The van der Waals surface area contributed by atoms with Crippen LogP contribution in [0.5, 0.6) is 11.5 Å². The van der Waals surface area contributed by atoms with E-state index in [1.165, 1.54) is 36.9 Å². The van der Waals surface area contributed by atoms with Gasteiger partial charge in [-0.2, -0.15) is 0 Å². The number of benzene rings is 1. The van der Waals surface area contributed by atoms with Gasteiger partial charge in [-0.05, 0) is 38.3 Å². The Morgan fingerprint density at radius 1 is 1.05 bits per heavy atom. The number of nitrogens with one attached hydrogen (secondary N) is 1. The molecule has 1 atom stereocenters. The number of hydrogen-bond donors (Lipinski definition) is 1. The first-order valence-corrected chi connectivity index (χ1v) is 8.05. The van der Waals surface area contributed by atoms with Crippen molar-refractivity contribution in [1.82, 2.24) is 5.32 Å². The van der Waals surface area contributed by atoms with E-state index in [1.54, 1.807) is 14.2 Å². The fraction of sp³-hybridized carbons (Fsp3) is 0.647. The first kappa shape index (κ1) is 14.5. The van der Waals surface area contributed by atoms with E-state index >= 15 is 0 Å². The third-order valence-corrected chi connectivity index (χ3v) is 4.73. The van der Waals surface area contributed by atoms with Crippen LogP contribution in [0.4, 0.5) is 5.69 Å². The molecule has 0 radical (unpaired) electrons. The van der Waals surface area contributed by atoms with Gasteiger partial charge in [-0.15, -0.1) is 0 Å². The highest BCUT2D eigenvalue weighted by atomic mass is 16.5. The van der Waals surface area contributed by atoms with Crippen molar-refractivity contribution in [1.29, 1.82) is 0 Å². The van der Waals surface area contributed by atoms with Crippen LogP contribution in [0.1, 0.15) is 37.2 Å². The van der Waals surface area contributed by atoms with E-state index in [0.717, 1.165) is 37.7 Å². The SMILES string of the molecule is COc1cc(N2CCCCC2)c(OC)cc1C1CCNC1. The highest BCUT2D eigenvalue weighted by Crippen LogP contribution is 2.40. The number of methoxy groups -OCH3 is 2. The minimum Gasteiger partial charge on any atom is -0.496 e. The minimum absolute atomic E-state index is 0.532. The zero-order valence-electron chi connectivity index (χ0n) is 13.2. The zero-order valence-corrected chi connectivity index (χ0v) is 13.2. The Morgan fingerprint density at radius 3 is 2.43 bits per heavy atom. The fourth-order valence-corrected chi connectivity index (χ4v) is 3.53. The summed E-state index contributed by atoms with van der Waals surface area (Å²) in [5.41, 5.74) is 2.46. The van der Waals surface area contributed by atoms with Crippen LogP contribution in [0, 0.1) is 0 Å². The lowest BCUT2D eigenvalue weighted by Gasteiger charge is -2.31. The molecule has 0 aromatic heterocycles. The summed E-state index contributed by atoms with van der Waals surface area (Å²) in [5, 5.41) is 3.43. The maximum absolute atomic E-state index is 5.68. The molecule has 0 spiro atoms. The van der Waals surface area contributed by atoms with E-state index in [2.05, 4.69) is 22.3 Å². The topological polar surface area (TPSA) is 33.7 Å². The van der Waals surface area contributed by atoms with Gasteiger partial charge in [-0.1, -0.05) is 0 Å². The van der Waals surface area contributed by atoms with Crippen molar-refractivity contribution in [2.24, 2.45) is 0 Å². The smallest absolute Gasteiger partial charge is 0.142 e. The van der Waals surface area contributed by atoms with Crippen LogP contribution in [-0.4, -0.2) is 40.4 Å². The van der Waals surface area contributed by atoms with E-state index in [9.17, 15) is 0 Å². The summed E-state index contributed by atoms with van der Waals surface area (Å²) in [7, 11) is 3.54. The van der Waals surface area contributed by atoms with Crippen LogP contribution in [0.25, 0.3) is 0 Å². The Balaban J connectivity index is 1.96. The van der Waals surface area contributed by atoms with Gasteiger partial charge < -0.3 is 19.7 Å². The van der Waals surface area contributed by atoms with Gasteiger partial charge in [-0.25, -0.2) is 0 Å². The molecule has 0 saturated carbocycles. The normalized spacial score (nSPS) is 22.4. The molecular formula is C17H26N2O2. The summed E-state index contributed by atoms with van der Waals surface area (Å²) in [5.74, 6) is 2.52. The van der Waals surface area contributed by atoms with Crippen molar-refractivity contribution in [2.75, 3.05) is 45.3 Å². The van der Waals surface area contributed by atoms with E-state index in [0.29, 0.717) is 5.92 Å². The van der Waals surface area contributed by atoms with Crippen LogP contribution < -0.4 is 19.7 Å². The van der Waals surface area contributed by atoms with Gasteiger partial charge in [0.1, 0.15) is 11.5 Å². The molecule has 0 aliphatic carbocycles. The van der Waals surface area contributed by atoms with Crippen LogP contribution in [0.2, 0.25) is 0 Å². The fourth-order valence-electron chi connectivity index (χ4n) is 3.53. The summed E-state index contributed by atoms with van der Waals surface area (Å²) >= 11 is 0. The first-order chi connectivity index (χ1) is 10.3. The largest absolute Gasteiger partial charge is 0.496 e. The third kappa shape index (κ3) is 2.95. The molecule has 116 valence electrons. The summed E-state index contributed by atoms with van der Waals surface area (Å²) in [6.45, 7) is 4.35. The molecule has 4 heteroatoms. The summed E-state index contributed by atoms with van der Waals surface area (Å²) in [6, 6.07) is 4.37. The molecule has 1 aromatic rings. The molecule has 1 unspecified atom stereocenters. The maximum atomic E-state index is 5.68. The molecule has 2 saturated heterocycles. The molecule has 2 heterocycles. The molecule has 2 aliphatic rings. The Bertz CT molecular complexity index is 478. The highest BCUT2D eigenvalue weighted by Gasteiger charge is 2.24. The van der Waals surface area contributed by atoms with Crippen LogP contribution in [0.3, 0.4) is 0 Å². The zero-order chi connectivity index (χ0) is 14.7. The molecule has 1 aromatic carbocycles. The third-order valence-electron chi connectivity index (χ3n) is 4.73. The number of rotatable bonds is 4. The number of piperidine rings is 1. The molecule has 0 amide bonds. The lowest BCUT2D eigenvalue weighted by molar-refractivity contribution is 0.394. The molecule has 1 N–H and O–H groups in total. The lowest BCUT2D eigenvalue weighted by Crippen LogP contribution is -2.29. The van der Waals surface area contributed by atoms with Crippen molar-refractivity contribution in [3.8, 4) is 11.5 Å². The minimum atomic E-state index is 0.532. The predicted octanol–water partition coefficient (Wildman–Crippen LogP) is 2.77. The molecule has 21 heavy (non-hydrogen) atoms. The Labute approximate surface area is 127 Å². The van der Waals surface area contributed by atoms with Crippen LogP contribution in [-0.2, 0) is 0 Å². The van der Waals surface area contributed by atoms with Gasteiger partial charge in [0.05, 0.1) is 19.9 Å². The number of nitrogens with zero attached hydrogens (tertiary/aromatic N) is 1. The molecule has 0 bridgehead atoms. The van der Waals surface area contributed by atoms with Gasteiger partial charge in [0.2, 0.25) is 0 Å². The highest BCUT2D eigenvalue weighted by molar-refractivity contribution is 5.65. The Morgan fingerprint density at radius 2 is 1.81 bits per heavy atom. The summed E-state index contributed by atoms with van der Waals surface area (Å²) < 4.78 is 11.4. The van der Waals surface area contributed by atoms with Crippen LogP contribution in [0.15, 0.2) is 12.1 Å². The van der Waals surface area contributed by atoms with Crippen molar-refractivity contribution in [3.05, 3.63) is 17.7 Å². The van der Waals surface area contributed by atoms with Crippen LogP contribution >= 0.6 is 0 Å². The van der Waals surface area contributed by atoms with Crippen molar-refractivity contribution >= 4 is 5.69 Å². The number of hydrogen-bond acceptors (Lipinski definition) is 4. The molecule has 3 rings (SSSR count). The lowest BCUT2D eigenvalue weighted by atomic mass is 9.96. The quantitative estimate of drug-likeness (QED) is 0.924. The second-order valence-electron chi connectivity index (χ2n) is 6.00. The predicted molar refractivity (Wildman–Crippen MR) is 85.8 cm³/mol. The molecule has 4 nitrogen and oxygen atoms in total. The Hall–Kier alpha value is -1.42. The second kappa shape index (κ2) is 6.56. The average molecular weight is 290 g/mol.